The van der Waals surface area contributed by atoms with E-state index in [-0.39, 0.29) is 29.7 Å². The first-order valence-electron chi connectivity index (χ1n) is 15.0. The third-order valence-electron chi connectivity index (χ3n) is 7.02. The van der Waals surface area contributed by atoms with Gasteiger partial charge < -0.3 is 0 Å². The molecule has 0 aliphatic heterocycles. The highest BCUT2D eigenvalue weighted by molar-refractivity contribution is 6.19. The number of aromatic nitrogens is 2. The van der Waals surface area contributed by atoms with E-state index in [1.807, 2.05) is 72.8 Å². The van der Waals surface area contributed by atoms with Gasteiger partial charge in [0.05, 0.1) is 23.6 Å². The second-order valence-electron chi connectivity index (χ2n) is 9.10. The van der Waals surface area contributed by atoms with Gasteiger partial charge in [-0.1, -0.05) is 116 Å². The molecular weight excluding hydrogens is 448 g/mol. The summed E-state index contributed by atoms with van der Waals surface area (Å²) in [6, 6.07) is 30.8. The Hall–Kier alpha value is -4.69. The Morgan fingerprint density at radius 1 is 0.649 bits per heavy atom. The van der Waals surface area contributed by atoms with Gasteiger partial charge in [0.15, 0.2) is 0 Å². The van der Waals surface area contributed by atoms with Crippen LogP contribution in [-0.2, 0) is 6.42 Å². The number of rotatable bonds is 4. The number of benzene rings is 6. The molecule has 0 radical (unpaired) electrons. The van der Waals surface area contributed by atoms with Crippen LogP contribution in [0.3, 0.4) is 0 Å². The largest absolute Gasteiger partial charge is 0.295 e. The van der Waals surface area contributed by atoms with Gasteiger partial charge in [-0.2, -0.15) is 0 Å². The van der Waals surface area contributed by atoms with E-state index in [0.717, 1.165) is 61.6 Å². The number of aryl methyl sites for hydroxylation is 1. The van der Waals surface area contributed by atoms with Crippen molar-refractivity contribution >= 4 is 32.6 Å². The molecule has 0 atom stereocenters. The molecule has 0 aliphatic carbocycles. The number of imidazole rings is 1. The molecule has 7 rings (SSSR count). The maximum absolute atomic E-state index is 8.92. The van der Waals surface area contributed by atoms with Crippen molar-refractivity contribution < 1.29 is 6.85 Å². The van der Waals surface area contributed by atoms with E-state index in [1.54, 1.807) is 0 Å². The fourth-order valence-electron chi connectivity index (χ4n) is 5.41. The lowest BCUT2D eigenvalue weighted by Gasteiger charge is -2.20. The lowest BCUT2D eigenvalue weighted by Crippen LogP contribution is -2.03. The summed E-state index contributed by atoms with van der Waals surface area (Å²) in [5.74, 6) is 0.922. The topological polar surface area (TPSA) is 17.8 Å². The standard InChI is InChI=1S/C35H26N2/c1-2-33-36-31-19-11-12-20-32(31)37(33)35-28-18-10-9-17-27(28)34(25-15-7-4-8-16-25)30-23-26(21-22-29(30)35)24-13-5-3-6-14-24/h3-23H,2H2,1H3/i4D,7D,8D,15D,16D. The summed E-state index contributed by atoms with van der Waals surface area (Å²) in [5, 5.41) is 3.44. The summed E-state index contributed by atoms with van der Waals surface area (Å²) in [7, 11) is 0. The molecule has 37 heavy (non-hydrogen) atoms. The number of nitrogens with zero attached hydrogens (tertiary/aromatic N) is 2. The zero-order chi connectivity index (χ0) is 29.1. The Morgan fingerprint density at radius 3 is 2.16 bits per heavy atom. The molecule has 0 fully saturated rings. The van der Waals surface area contributed by atoms with E-state index < -0.39 is 6.04 Å². The van der Waals surface area contributed by atoms with Crippen LogP contribution in [0.25, 0.3) is 60.5 Å². The van der Waals surface area contributed by atoms with Gasteiger partial charge in [0, 0.05) is 17.2 Å². The summed E-state index contributed by atoms with van der Waals surface area (Å²) in [6.07, 6.45) is 0.720. The van der Waals surface area contributed by atoms with Crippen molar-refractivity contribution in [3.8, 4) is 27.9 Å². The number of fused-ring (bicyclic) bond motifs is 3. The molecule has 0 saturated carbocycles. The molecule has 7 aromatic rings. The predicted molar refractivity (Wildman–Crippen MR) is 156 cm³/mol. The van der Waals surface area contributed by atoms with E-state index in [1.165, 1.54) is 0 Å². The SMILES string of the molecule is [2H]c1c([2H])c([2H])c(-c2c3ccccc3c(-n3c(CC)nc4ccccc43)c3ccc(-c4ccccc4)cc23)c([2H])c1[2H]. The number of hydrogen-bond acceptors (Lipinski definition) is 1. The van der Waals surface area contributed by atoms with Crippen molar-refractivity contribution in [2.45, 2.75) is 13.3 Å². The normalized spacial score (nSPS) is 13.4. The molecule has 2 nitrogen and oxygen atoms in total. The third-order valence-corrected chi connectivity index (χ3v) is 7.02. The van der Waals surface area contributed by atoms with Crippen LogP contribution in [-0.4, -0.2) is 9.55 Å². The fourth-order valence-corrected chi connectivity index (χ4v) is 5.41. The first kappa shape index (κ1) is 16.9. The molecule has 1 aromatic heterocycles. The number of para-hydroxylation sites is 2. The van der Waals surface area contributed by atoms with Crippen LogP contribution >= 0.6 is 0 Å². The van der Waals surface area contributed by atoms with Crippen LogP contribution < -0.4 is 0 Å². The summed E-state index contributed by atoms with van der Waals surface area (Å²) in [6.45, 7) is 2.09. The highest BCUT2D eigenvalue weighted by Crippen LogP contribution is 2.43. The fraction of sp³-hybridized carbons (Fsp3) is 0.0571. The maximum Gasteiger partial charge on any atom is 0.114 e. The monoisotopic (exact) mass is 479 g/mol. The molecular formula is C35H26N2. The molecule has 2 heteroatoms. The van der Waals surface area contributed by atoms with Gasteiger partial charge in [0.1, 0.15) is 5.82 Å². The van der Waals surface area contributed by atoms with Crippen molar-refractivity contribution in [3.63, 3.8) is 0 Å². The lowest BCUT2D eigenvalue weighted by molar-refractivity contribution is 0.917. The van der Waals surface area contributed by atoms with Crippen LogP contribution in [0.2, 0.25) is 0 Å². The van der Waals surface area contributed by atoms with Gasteiger partial charge >= 0.3 is 0 Å². The second-order valence-corrected chi connectivity index (χ2v) is 9.10. The molecule has 0 amide bonds. The Balaban J connectivity index is 1.73. The Labute approximate surface area is 223 Å². The summed E-state index contributed by atoms with van der Waals surface area (Å²) < 4.78 is 45.2. The smallest absolute Gasteiger partial charge is 0.114 e. The summed E-state index contributed by atoms with van der Waals surface area (Å²) >= 11 is 0. The minimum absolute atomic E-state index is 0.199. The summed E-state index contributed by atoms with van der Waals surface area (Å²) in [4.78, 5) is 4.96. The maximum atomic E-state index is 8.92. The minimum Gasteiger partial charge on any atom is -0.295 e. The van der Waals surface area contributed by atoms with E-state index in [2.05, 4.69) is 35.8 Å². The molecule has 1 heterocycles. The quantitative estimate of drug-likeness (QED) is 0.230. The van der Waals surface area contributed by atoms with Gasteiger partial charge in [-0.25, -0.2) is 4.98 Å². The molecule has 0 spiro atoms. The molecule has 176 valence electrons. The highest BCUT2D eigenvalue weighted by atomic mass is 15.1. The Kier molecular flexibility index (Phi) is 4.00. The minimum atomic E-state index is -0.401. The molecule has 0 bridgehead atoms. The Morgan fingerprint density at radius 2 is 1.35 bits per heavy atom. The van der Waals surface area contributed by atoms with Crippen molar-refractivity contribution in [2.24, 2.45) is 0 Å². The van der Waals surface area contributed by atoms with Crippen LogP contribution in [0.4, 0.5) is 0 Å². The molecule has 6 aromatic carbocycles. The average molecular weight is 480 g/mol. The van der Waals surface area contributed by atoms with Gasteiger partial charge in [-0.3, -0.25) is 4.57 Å². The first-order valence-corrected chi connectivity index (χ1v) is 12.5. The van der Waals surface area contributed by atoms with Crippen molar-refractivity contribution in [1.29, 1.82) is 0 Å². The molecule has 0 unspecified atom stereocenters. The molecule has 0 N–H and O–H groups in total. The first-order chi connectivity index (χ1) is 20.4. The van der Waals surface area contributed by atoms with Crippen molar-refractivity contribution in [3.05, 3.63) is 133 Å². The lowest BCUT2D eigenvalue weighted by atomic mass is 9.88. The second kappa shape index (κ2) is 8.76. The predicted octanol–water partition coefficient (Wildman–Crippen LogP) is 9.23. The summed E-state index contributed by atoms with van der Waals surface area (Å²) in [5.41, 5.74) is 5.69. The van der Waals surface area contributed by atoms with Crippen LogP contribution in [0.5, 0.6) is 0 Å². The van der Waals surface area contributed by atoms with Crippen LogP contribution in [0.15, 0.2) is 127 Å². The van der Waals surface area contributed by atoms with E-state index >= 15 is 0 Å². The van der Waals surface area contributed by atoms with Gasteiger partial charge in [-0.15, -0.1) is 0 Å². The van der Waals surface area contributed by atoms with E-state index in [9.17, 15) is 0 Å². The highest BCUT2D eigenvalue weighted by Gasteiger charge is 2.20. The van der Waals surface area contributed by atoms with E-state index in [4.69, 9.17) is 11.8 Å². The zero-order valence-electron chi connectivity index (χ0n) is 25.3. The van der Waals surface area contributed by atoms with Gasteiger partial charge in [0.25, 0.3) is 0 Å². The van der Waals surface area contributed by atoms with E-state index in [0.29, 0.717) is 5.56 Å². The average Bonchev–Trinajstić information content (AvgIpc) is 3.41. The van der Waals surface area contributed by atoms with Gasteiger partial charge in [0.2, 0.25) is 0 Å². The molecule has 0 saturated heterocycles. The van der Waals surface area contributed by atoms with Crippen molar-refractivity contribution in [1.82, 2.24) is 9.55 Å². The zero-order valence-corrected chi connectivity index (χ0v) is 20.3. The van der Waals surface area contributed by atoms with Crippen molar-refractivity contribution in [2.75, 3.05) is 0 Å². The third kappa shape index (κ3) is 3.45. The van der Waals surface area contributed by atoms with Gasteiger partial charge in [-0.05, 0) is 51.2 Å². The Bertz CT molecular complexity index is 2160. The molecule has 0 aliphatic rings. The van der Waals surface area contributed by atoms with Crippen LogP contribution in [0, 0.1) is 0 Å². The van der Waals surface area contributed by atoms with Crippen LogP contribution in [0.1, 0.15) is 19.6 Å². The number of hydrogen-bond donors (Lipinski definition) is 0.